The van der Waals surface area contributed by atoms with E-state index in [0.29, 0.717) is 21.2 Å². The molecule has 140 valence electrons. The molecule has 0 radical (unpaired) electrons. The molecule has 2 unspecified atom stereocenters. The summed E-state index contributed by atoms with van der Waals surface area (Å²) in [5.74, 6) is -0.0884. The average molecular weight is 414 g/mol. The fourth-order valence-corrected chi connectivity index (χ4v) is 4.55. The number of halogens is 2. The van der Waals surface area contributed by atoms with Crippen molar-refractivity contribution in [3.05, 3.63) is 33.8 Å². The average Bonchev–Trinajstić information content (AvgIpc) is 3.25. The minimum absolute atomic E-state index is 0.0884. The number of nitrogens with one attached hydrogen (secondary N) is 1. The summed E-state index contributed by atoms with van der Waals surface area (Å²) in [5.41, 5.74) is 0.831. The van der Waals surface area contributed by atoms with E-state index in [1.165, 1.54) is 24.6 Å². The minimum atomic E-state index is -0.324. The molecule has 1 aromatic carbocycles. The molecule has 1 amide bonds. The molecule has 0 aliphatic heterocycles. The van der Waals surface area contributed by atoms with Crippen LogP contribution in [0.4, 0.5) is 0 Å². The molecule has 3 rings (SSSR count). The molecule has 1 aliphatic carbocycles. The summed E-state index contributed by atoms with van der Waals surface area (Å²) in [6.07, 6.45) is 4.57. The van der Waals surface area contributed by atoms with Crippen molar-refractivity contribution in [2.45, 2.75) is 62.0 Å². The number of hydrogen-bond acceptors (Lipinski definition) is 5. The highest BCUT2D eigenvalue weighted by Gasteiger charge is 2.25. The molecule has 0 spiro atoms. The van der Waals surface area contributed by atoms with E-state index in [4.69, 9.17) is 23.2 Å². The summed E-state index contributed by atoms with van der Waals surface area (Å²) in [6.45, 7) is 3.75. The summed E-state index contributed by atoms with van der Waals surface area (Å²) < 4.78 is 1.86. The number of tetrazole rings is 1. The molecule has 1 aromatic heterocycles. The molecule has 9 heteroatoms. The predicted molar refractivity (Wildman–Crippen MR) is 104 cm³/mol. The van der Waals surface area contributed by atoms with Gasteiger partial charge in [0, 0.05) is 10.0 Å². The number of thioether (sulfide) groups is 1. The van der Waals surface area contributed by atoms with E-state index in [1.807, 2.05) is 24.6 Å². The summed E-state index contributed by atoms with van der Waals surface area (Å²) >= 11 is 13.5. The van der Waals surface area contributed by atoms with Crippen molar-refractivity contribution in [2.75, 3.05) is 0 Å². The Labute approximate surface area is 167 Å². The molecule has 0 saturated heterocycles. The summed E-state index contributed by atoms with van der Waals surface area (Å²) in [7, 11) is 0. The maximum Gasteiger partial charge on any atom is 0.233 e. The first-order valence-corrected chi connectivity index (χ1v) is 10.3. The fourth-order valence-electron chi connectivity index (χ4n) is 3.11. The normalized spacial score (nSPS) is 17.2. The van der Waals surface area contributed by atoms with Gasteiger partial charge in [0.1, 0.15) is 0 Å². The number of rotatable bonds is 6. The Balaban J connectivity index is 1.62. The van der Waals surface area contributed by atoms with Gasteiger partial charge in [0.2, 0.25) is 11.1 Å². The Kier molecular flexibility index (Phi) is 6.42. The maximum atomic E-state index is 12.6. The molecular weight excluding hydrogens is 393 g/mol. The third kappa shape index (κ3) is 4.50. The molecule has 1 aliphatic rings. The Morgan fingerprint density at radius 3 is 2.73 bits per heavy atom. The van der Waals surface area contributed by atoms with Crippen molar-refractivity contribution in [3.8, 4) is 0 Å². The van der Waals surface area contributed by atoms with Crippen molar-refractivity contribution in [3.63, 3.8) is 0 Å². The highest BCUT2D eigenvalue weighted by molar-refractivity contribution is 8.00. The minimum Gasteiger partial charge on any atom is -0.349 e. The molecule has 6 nitrogen and oxygen atoms in total. The van der Waals surface area contributed by atoms with Crippen LogP contribution in [0.5, 0.6) is 0 Å². The van der Waals surface area contributed by atoms with Gasteiger partial charge in [-0.25, -0.2) is 4.68 Å². The van der Waals surface area contributed by atoms with Gasteiger partial charge in [-0.05, 0) is 54.8 Å². The lowest BCUT2D eigenvalue weighted by atomic mass is 10.1. The van der Waals surface area contributed by atoms with Crippen LogP contribution >= 0.6 is 35.0 Å². The first-order chi connectivity index (χ1) is 12.5. The van der Waals surface area contributed by atoms with Gasteiger partial charge < -0.3 is 5.32 Å². The second-order valence-electron chi connectivity index (χ2n) is 6.50. The molecule has 0 bridgehead atoms. The summed E-state index contributed by atoms with van der Waals surface area (Å²) in [4.78, 5) is 12.6. The van der Waals surface area contributed by atoms with E-state index in [1.54, 1.807) is 12.1 Å². The highest BCUT2D eigenvalue weighted by atomic mass is 35.5. The van der Waals surface area contributed by atoms with Gasteiger partial charge >= 0.3 is 0 Å². The Hall–Kier alpha value is -1.31. The molecule has 1 fully saturated rings. The third-order valence-electron chi connectivity index (χ3n) is 4.57. The quantitative estimate of drug-likeness (QED) is 0.707. The van der Waals surface area contributed by atoms with Crippen LogP contribution in [0.2, 0.25) is 10.0 Å². The summed E-state index contributed by atoms with van der Waals surface area (Å²) in [6, 6.07) is 5.39. The Morgan fingerprint density at radius 2 is 2.04 bits per heavy atom. The zero-order chi connectivity index (χ0) is 18.7. The van der Waals surface area contributed by atoms with Crippen molar-refractivity contribution >= 4 is 40.9 Å². The fraction of sp³-hybridized carbons (Fsp3) is 0.529. The topological polar surface area (TPSA) is 72.7 Å². The van der Waals surface area contributed by atoms with E-state index in [2.05, 4.69) is 20.8 Å². The van der Waals surface area contributed by atoms with Crippen LogP contribution in [0.3, 0.4) is 0 Å². The van der Waals surface area contributed by atoms with Crippen LogP contribution in [0.15, 0.2) is 23.4 Å². The first kappa shape index (κ1) is 19.5. The standard InChI is InChI=1S/C17H21Cl2N5OS/c1-10(14-8-7-12(18)9-15(14)19)20-16(25)11(2)26-17-21-22-23-24(17)13-5-3-4-6-13/h7-11,13H,3-6H2,1-2H3,(H,20,25). The number of carbonyl (C=O) groups excluding carboxylic acids is 1. The number of hydrogen-bond donors (Lipinski definition) is 1. The highest BCUT2D eigenvalue weighted by Crippen LogP contribution is 2.33. The van der Waals surface area contributed by atoms with Gasteiger partial charge in [-0.3, -0.25) is 4.79 Å². The van der Waals surface area contributed by atoms with Crippen LogP contribution < -0.4 is 5.32 Å². The number of amides is 1. The van der Waals surface area contributed by atoms with E-state index in [0.717, 1.165) is 18.4 Å². The zero-order valence-electron chi connectivity index (χ0n) is 14.7. The number of nitrogens with zero attached hydrogens (tertiary/aromatic N) is 4. The number of benzene rings is 1. The van der Waals surface area contributed by atoms with Crippen LogP contribution in [0.25, 0.3) is 0 Å². The van der Waals surface area contributed by atoms with Crippen molar-refractivity contribution in [1.82, 2.24) is 25.5 Å². The van der Waals surface area contributed by atoms with Crippen LogP contribution in [-0.4, -0.2) is 31.4 Å². The molecule has 2 atom stereocenters. The predicted octanol–water partition coefficient (Wildman–Crippen LogP) is 4.45. The molecule has 1 N–H and O–H groups in total. The number of carbonyl (C=O) groups is 1. The van der Waals surface area contributed by atoms with E-state index in [-0.39, 0.29) is 17.2 Å². The van der Waals surface area contributed by atoms with E-state index < -0.39 is 0 Å². The van der Waals surface area contributed by atoms with Crippen molar-refractivity contribution < 1.29 is 4.79 Å². The lowest BCUT2D eigenvalue weighted by molar-refractivity contribution is -0.120. The van der Waals surface area contributed by atoms with Crippen LogP contribution in [0.1, 0.15) is 57.2 Å². The van der Waals surface area contributed by atoms with Crippen molar-refractivity contribution in [1.29, 1.82) is 0 Å². The number of aromatic nitrogens is 4. The van der Waals surface area contributed by atoms with Gasteiger partial charge in [0.05, 0.1) is 17.3 Å². The molecule has 1 saturated carbocycles. The lowest BCUT2D eigenvalue weighted by Crippen LogP contribution is -2.33. The van der Waals surface area contributed by atoms with Gasteiger partial charge in [0.15, 0.2) is 0 Å². The molecule has 2 aromatic rings. The summed E-state index contributed by atoms with van der Waals surface area (Å²) in [5, 5.41) is 16.5. The van der Waals surface area contributed by atoms with Crippen LogP contribution in [0, 0.1) is 0 Å². The molecule has 1 heterocycles. The van der Waals surface area contributed by atoms with Gasteiger partial charge in [-0.15, -0.1) is 5.10 Å². The monoisotopic (exact) mass is 413 g/mol. The maximum absolute atomic E-state index is 12.6. The Bertz CT molecular complexity index is 778. The molecule has 26 heavy (non-hydrogen) atoms. The second-order valence-corrected chi connectivity index (χ2v) is 8.65. The third-order valence-corrected chi connectivity index (χ3v) is 6.18. The van der Waals surface area contributed by atoms with Crippen LogP contribution in [-0.2, 0) is 4.79 Å². The Morgan fingerprint density at radius 1 is 1.31 bits per heavy atom. The SMILES string of the molecule is CC(Sc1nnnn1C1CCCC1)C(=O)NC(C)c1ccc(Cl)cc1Cl. The van der Waals surface area contributed by atoms with Crippen molar-refractivity contribution in [2.24, 2.45) is 0 Å². The zero-order valence-corrected chi connectivity index (χ0v) is 17.0. The van der Waals surface area contributed by atoms with Gasteiger partial charge in [-0.2, -0.15) is 0 Å². The second kappa shape index (κ2) is 8.59. The largest absolute Gasteiger partial charge is 0.349 e. The smallest absolute Gasteiger partial charge is 0.233 e. The van der Waals surface area contributed by atoms with Gasteiger partial charge in [-0.1, -0.05) is 53.9 Å². The first-order valence-electron chi connectivity index (χ1n) is 8.65. The van der Waals surface area contributed by atoms with E-state index >= 15 is 0 Å². The van der Waals surface area contributed by atoms with Gasteiger partial charge in [0.25, 0.3) is 0 Å². The lowest BCUT2D eigenvalue weighted by Gasteiger charge is -2.19. The molecular formula is C17H21Cl2N5OS. The van der Waals surface area contributed by atoms with E-state index in [9.17, 15) is 4.79 Å².